The number of benzene rings is 1. The zero-order chi connectivity index (χ0) is 13.1. The lowest BCUT2D eigenvalue weighted by Gasteiger charge is -2.22. The molecule has 2 heterocycles. The molecule has 4 nitrogen and oxygen atoms in total. The van der Waals surface area contributed by atoms with Crippen LogP contribution in [0.1, 0.15) is 24.6 Å². The van der Waals surface area contributed by atoms with Crippen molar-refractivity contribution in [2.75, 3.05) is 12.8 Å². The van der Waals surface area contributed by atoms with E-state index in [0.29, 0.717) is 11.3 Å². The van der Waals surface area contributed by atoms with E-state index >= 15 is 0 Å². The van der Waals surface area contributed by atoms with Gasteiger partial charge < -0.3 is 5.32 Å². The molecule has 0 radical (unpaired) electrons. The zero-order valence-corrected chi connectivity index (χ0v) is 11.8. The molecule has 100 valence electrons. The van der Waals surface area contributed by atoms with Crippen LogP contribution in [0.25, 0.3) is 5.69 Å². The van der Waals surface area contributed by atoms with Crippen LogP contribution in [-0.4, -0.2) is 33.0 Å². The maximum Gasteiger partial charge on any atom is 0.0826 e. The van der Waals surface area contributed by atoms with Crippen LogP contribution in [0.4, 0.5) is 0 Å². The van der Waals surface area contributed by atoms with Gasteiger partial charge in [-0.1, -0.05) is 23.4 Å². The minimum Gasteiger partial charge on any atom is -0.311 e. The van der Waals surface area contributed by atoms with Gasteiger partial charge in [-0.25, -0.2) is 4.68 Å². The Morgan fingerprint density at radius 3 is 2.89 bits per heavy atom. The second-order valence-electron chi connectivity index (χ2n) is 4.72. The summed E-state index contributed by atoms with van der Waals surface area (Å²) in [6.07, 6.45) is 4.45. The molecule has 0 amide bonds. The molecule has 1 aliphatic rings. The molecule has 2 aromatic rings. The van der Waals surface area contributed by atoms with Crippen LogP contribution in [0, 0.1) is 0 Å². The van der Waals surface area contributed by atoms with Crippen molar-refractivity contribution in [2.45, 2.75) is 24.1 Å². The standard InChI is InChI=1S/C14H18N4S/c1-15-14(13-8-5-9-19-13)12-10-16-17-18(12)11-6-3-2-4-7-11/h2-4,6-7,10,13-15H,5,8-9H2,1H3. The van der Waals surface area contributed by atoms with Crippen LogP contribution >= 0.6 is 11.8 Å². The Kier molecular flexibility index (Phi) is 3.84. The first-order valence-corrected chi connectivity index (χ1v) is 7.70. The molecule has 3 rings (SSSR count). The Morgan fingerprint density at radius 1 is 1.37 bits per heavy atom. The fraction of sp³-hybridized carbons (Fsp3) is 0.429. The third kappa shape index (κ3) is 2.53. The molecule has 0 saturated carbocycles. The van der Waals surface area contributed by atoms with Crippen molar-refractivity contribution in [1.82, 2.24) is 20.3 Å². The predicted molar refractivity (Wildman–Crippen MR) is 78.6 cm³/mol. The van der Waals surface area contributed by atoms with E-state index in [9.17, 15) is 0 Å². The maximum atomic E-state index is 4.24. The van der Waals surface area contributed by atoms with Crippen LogP contribution in [0.15, 0.2) is 36.5 Å². The maximum absolute atomic E-state index is 4.24. The summed E-state index contributed by atoms with van der Waals surface area (Å²) < 4.78 is 1.94. The molecule has 1 fully saturated rings. The first-order chi connectivity index (χ1) is 9.40. The first-order valence-electron chi connectivity index (χ1n) is 6.65. The lowest BCUT2D eigenvalue weighted by atomic mass is 10.1. The minimum absolute atomic E-state index is 0.308. The van der Waals surface area contributed by atoms with Gasteiger partial charge in [0.15, 0.2) is 0 Å². The highest BCUT2D eigenvalue weighted by atomic mass is 32.2. The SMILES string of the molecule is CNC(c1cnnn1-c1ccccc1)C1CCCS1. The second-order valence-corrected chi connectivity index (χ2v) is 6.07. The lowest BCUT2D eigenvalue weighted by Crippen LogP contribution is -2.28. The molecule has 5 heteroatoms. The number of thioether (sulfide) groups is 1. The van der Waals surface area contributed by atoms with Crippen molar-refractivity contribution in [3.8, 4) is 5.69 Å². The molecule has 1 aliphatic heterocycles. The Hall–Kier alpha value is -1.33. The number of rotatable bonds is 4. The van der Waals surface area contributed by atoms with Gasteiger partial charge in [-0.3, -0.25) is 0 Å². The molecule has 1 N–H and O–H groups in total. The number of nitrogens with zero attached hydrogens (tertiary/aromatic N) is 3. The number of hydrogen-bond donors (Lipinski definition) is 1. The summed E-state index contributed by atoms with van der Waals surface area (Å²) in [6.45, 7) is 0. The van der Waals surface area contributed by atoms with Crippen LogP contribution in [0.2, 0.25) is 0 Å². The van der Waals surface area contributed by atoms with E-state index in [-0.39, 0.29) is 0 Å². The predicted octanol–water partition coefficient (Wildman–Crippen LogP) is 2.42. The molecule has 0 spiro atoms. The number of hydrogen-bond acceptors (Lipinski definition) is 4. The van der Waals surface area contributed by atoms with Gasteiger partial charge in [0.2, 0.25) is 0 Å². The zero-order valence-electron chi connectivity index (χ0n) is 11.0. The van der Waals surface area contributed by atoms with Crippen molar-refractivity contribution in [3.05, 3.63) is 42.2 Å². The van der Waals surface area contributed by atoms with Crippen LogP contribution in [-0.2, 0) is 0 Å². The summed E-state index contributed by atoms with van der Waals surface area (Å²) in [4.78, 5) is 0. The largest absolute Gasteiger partial charge is 0.311 e. The van der Waals surface area contributed by atoms with Crippen LogP contribution < -0.4 is 5.32 Å². The topological polar surface area (TPSA) is 42.7 Å². The molecular formula is C14H18N4S. The molecule has 1 saturated heterocycles. The fourth-order valence-electron chi connectivity index (χ4n) is 2.61. The van der Waals surface area contributed by atoms with Gasteiger partial charge in [-0.15, -0.1) is 5.10 Å². The Bertz CT molecular complexity index is 519. The van der Waals surface area contributed by atoms with E-state index in [4.69, 9.17) is 0 Å². The van der Waals surface area contributed by atoms with Gasteiger partial charge in [-0.05, 0) is 37.8 Å². The molecule has 0 aliphatic carbocycles. The highest BCUT2D eigenvalue weighted by molar-refractivity contribution is 8.00. The normalized spacial score (nSPS) is 20.6. The summed E-state index contributed by atoms with van der Waals surface area (Å²) in [7, 11) is 2.02. The quantitative estimate of drug-likeness (QED) is 0.930. The van der Waals surface area contributed by atoms with Gasteiger partial charge in [0, 0.05) is 5.25 Å². The van der Waals surface area contributed by atoms with E-state index < -0.39 is 0 Å². The third-order valence-electron chi connectivity index (χ3n) is 3.54. The number of para-hydroxylation sites is 1. The van der Waals surface area contributed by atoms with E-state index in [1.807, 2.05) is 47.9 Å². The van der Waals surface area contributed by atoms with Crippen molar-refractivity contribution < 1.29 is 0 Å². The molecule has 2 atom stereocenters. The van der Waals surface area contributed by atoms with Crippen LogP contribution in [0.5, 0.6) is 0 Å². The van der Waals surface area contributed by atoms with Crippen molar-refractivity contribution in [3.63, 3.8) is 0 Å². The summed E-state index contributed by atoms with van der Waals surface area (Å²) in [5.74, 6) is 1.26. The molecule has 1 aromatic carbocycles. The molecule has 0 bridgehead atoms. The lowest BCUT2D eigenvalue weighted by molar-refractivity contribution is 0.523. The van der Waals surface area contributed by atoms with Gasteiger partial charge in [0.05, 0.1) is 23.6 Å². The fourth-order valence-corrected chi connectivity index (χ4v) is 4.05. The van der Waals surface area contributed by atoms with Gasteiger partial charge in [0.25, 0.3) is 0 Å². The Morgan fingerprint density at radius 2 is 2.21 bits per heavy atom. The smallest absolute Gasteiger partial charge is 0.0826 e. The monoisotopic (exact) mass is 274 g/mol. The Balaban J connectivity index is 1.94. The van der Waals surface area contributed by atoms with Crippen molar-refractivity contribution in [2.24, 2.45) is 0 Å². The highest BCUT2D eigenvalue weighted by Gasteiger charge is 2.28. The summed E-state index contributed by atoms with van der Waals surface area (Å²) in [6, 6.07) is 10.5. The highest BCUT2D eigenvalue weighted by Crippen LogP contribution is 2.35. The first kappa shape index (κ1) is 12.7. The van der Waals surface area contributed by atoms with E-state index in [2.05, 4.69) is 27.8 Å². The van der Waals surface area contributed by atoms with Gasteiger partial charge in [-0.2, -0.15) is 11.8 Å². The average Bonchev–Trinajstić information content (AvgIpc) is 3.12. The van der Waals surface area contributed by atoms with E-state index in [1.165, 1.54) is 18.6 Å². The second kappa shape index (κ2) is 5.75. The van der Waals surface area contributed by atoms with Crippen LogP contribution in [0.3, 0.4) is 0 Å². The third-order valence-corrected chi connectivity index (χ3v) is 5.00. The molecule has 19 heavy (non-hydrogen) atoms. The number of aromatic nitrogens is 3. The summed E-state index contributed by atoms with van der Waals surface area (Å²) >= 11 is 2.05. The summed E-state index contributed by atoms with van der Waals surface area (Å²) in [5, 5.41) is 12.4. The summed E-state index contributed by atoms with van der Waals surface area (Å²) in [5.41, 5.74) is 2.21. The van der Waals surface area contributed by atoms with E-state index in [1.54, 1.807) is 0 Å². The van der Waals surface area contributed by atoms with Gasteiger partial charge in [0.1, 0.15) is 0 Å². The van der Waals surface area contributed by atoms with E-state index in [0.717, 1.165) is 11.4 Å². The molecule has 2 unspecified atom stereocenters. The average molecular weight is 274 g/mol. The van der Waals surface area contributed by atoms with Gasteiger partial charge >= 0.3 is 0 Å². The Labute approximate surface area is 117 Å². The minimum atomic E-state index is 0.308. The molecule has 1 aromatic heterocycles. The van der Waals surface area contributed by atoms with Crippen molar-refractivity contribution in [1.29, 1.82) is 0 Å². The molecular weight excluding hydrogens is 256 g/mol. The number of nitrogens with one attached hydrogen (secondary N) is 1. The van der Waals surface area contributed by atoms with Crippen molar-refractivity contribution >= 4 is 11.8 Å².